The van der Waals surface area contributed by atoms with Crippen LogP contribution in [0.3, 0.4) is 0 Å². The molecule has 106 valence electrons. The minimum atomic E-state index is -0.279. The van der Waals surface area contributed by atoms with Crippen molar-refractivity contribution in [2.75, 3.05) is 6.54 Å². The molecule has 1 heterocycles. The number of benzene rings is 1. The second-order valence-electron chi connectivity index (χ2n) is 4.32. The molecule has 0 saturated heterocycles. The van der Waals surface area contributed by atoms with Gasteiger partial charge in [0, 0.05) is 13.7 Å². The molecular weight excluding hydrogens is 616 g/mol. The van der Waals surface area contributed by atoms with Gasteiger partial charge in [-0.05, 0) is 114 Å². The SMILES string of the molecule is Cc1c(I)cc(CCN2C(=O)C(Br)=C(Br)C2=O)cc1I. The number of halogens is 4. The van der Waals surface area contributed by atoms with Gasteiger partial charge in [-0.15, -0.1) is 0 Å². The van der Waals surface area contributed by atoms with Crippen LogP contribution in [0.2, 0.25) is 0 Å². The van der Waals surface area contributed by atoms with Crippen LogP contribution in [-0.4, -0.2) is 23.3 Å². The van der Waals surface area contributed by atoms with Crippen molar-refractivity contribution in [2.24, 2.45) is 0 Å². The molecule has 1 aliphatic rings. The van der Waals surface area contributed by atoms with Crippen LogP contribution in [0.5, 0.6) is 0 Å². The normalized spacial score (nSPS) is 15.6. The Labute approximate surface area is 161 Å². The summed E-state index contributed by atoms with van der Waals surface area (Å²) >= 11 is 10.9. The van der Waals surface area contributed by atoms with Crippen LogP contribution in [0.4, 0.5) is 0 Å². The van der Waals surface area contributed by atoms with E-state index in [-0.39, 0.29) is 11.8 Å². The summed E-state index contributed by atoms with van der Waals surface area (Å²) < 4.78 is 3.00. The van der Waals surface area contributed by atoms with Crippen molar-refractivity contribution in [3.05, 3.63) is 39.4 Å². The van der Waals surface area contributed by atoms with Crippen LogP contribution in [0.15, 0.2) is 21.1 Å². The molecule has 0 aromatic heterocycles. The number of carbonyl (C=O) groups is 2. The Hall–Kier alpha value is 0.520. The summed E-state index contributed by atoms with van der Waals surface area (Å²) in [5, 5.41) is 0. The number of hydrogen-bond donors (Lipinski definition) is 0. The Morgan fingerprint density at radius 2 is 1.50 bits per heavy atom. The maximum Gasteiger partial charge on any atom is 0.269 e. The van der Waals surface area contributed by atoms with Crippen LogP contribution in [0, 0.1) is 14.1 Å². The van der Waals surface area contributed by atoms with Gasteiger partial charge in [-0.25, -0.2) is 0 Å². The van der Waals surface area contributed by atoms with Crippen molar-refractivity contribution in [3.63, 3.8) is 0 Å². The monoisotopic (exact) mass is 623 g/mol. The molecule has 1 aromatic carbocycles. The lowest BCUT2D eigenvalue weighted by Crippen LogP contribution is -2.33. The summed E-state index contributed by atoms with van der Waals surface area (Å²) in [6.45, 7) is 2.47. The number of amides is 2. The van der Waals surface area contributed by atoms with Gasteiger partial charge in [0.15, 0.2) is 0 Å². The van der Waals surface area contributed by atoms with E-state index in [0.717, 1.165) is 5.56 Å². The molecule has 0 saturated carbocycles. The van der Waals surface area contributed by atoms with Crippen LogP contribution >= 0.6 is 77.0 Å². The van der Waals surface area contributed by atoms with Crippen molar-refractivity contribution < 1.29 is 9.59 Å². The average Bonchev–Trinajstić information content (AvgIpc) is 2.58. The molecular formula is C13H9Br2I2NO2. The Bertz CT molecular complexity index is 596. The number of imide groups is 1. The van der Waals surface area contributed by atoms with E-state index in [1.165, 1.54) is 17.6 Å². The minimum Gasteiger partial charge on any atom is -0.273 e. The first-order valence-electron chi connectivity index (χ1n) is 5.69. The van der Waals surface area contributed by atoms with E-state index >= 15 is 0 Å². The van der Waals surface area contributed by atoms with Gasteiger partial charge in [-0.1, -0.05) is 0 Å². The second kappa shape index (κ2) is 6.74. The van der Waals surface area contributed by atoms with Gasteiger partial charge in [0.2, 0.25) is 0 Å². The smallest absolute Gasteiger partial charge is 0.269 e. The van der Waals surface area contributed by atoms with Crippen molar-refractivity contribution >= 4 is 88.9 Å². The predicted octanol–water partition coefficient (Wildman–Crippen LogP) is 4.12. The van der Waals surface area contributed by atoms with Gasteiger partial charge in [0.1, 0.15) is 8.96 Å². The maximum absolute atomic E-state index is 11.9. The molecule has 0 bridgehead atoms. The molecule has 0 aliphatic carbocycles. The zero-order chi connectivity index (χ0) is 15.0. The molecule has 1 aliphatic heterocycles. The second-order valence-corrected chi connectivity index (χ2v) is 8.23. The van der Waals surface area contributed by atoms with E-state index < -0.39 is 0 Å². The lowest BCUT2D eigenvalue weighted by molar-refractivity contribution is -0.136. The number of nitrogens with zero attached hydrogens (tertiary/aromatic N) is 1. The highest BCUT2D eigenvalue weighted by molar-refractivity contribution is 14.1. The van der Waals surface area contributed by atoms with Crippen LogP contribution in [-0.2, 0) is 16.0 Å². The maximum atomic E-state index is 11.9. The summed E-state index contributed by atoms with van der Waals surface area (Å²) in [4.78, 5) is 25.1. The fourth-order valence-corrected chi connectivity index (χ4v) is 4.47. The van der Waals surface area contributed by atoms with Crippen molar-refractivity contribution in [1.82, 2.24) is 4.90 Å². The lowest BCUT2D eigenvalue weighted by atomic mass is 10.1. The number of hydrogen-bond acceptors (Lipinski definition) is 2. The van der Waals surface area contributed by atoms with E-state index in [1.54, 1.807) is 0 Å². The first-order valence-corrected chi connectivity index (χ1v) is 9.43. The Kier molecular flexibility index (Phi) is 5.69. The molecule has 3 nitrogen and oxygen atoms in total. The quantitative estimate of drug-likeness (QED) is 0.375. The summed E-state index contributed by atoms with van der Waals surface area (Å²) in [6.07, 6.45) is 0.657. The molecule has 0 fully saturated rings. The van der Waals surface area contributed by atoms with Crippen LogP contribution in [0.25, 0.3) is 0 Å². The third-order valence-corrected chi connectivity index (χ3v) is 7.27. The third kappa shape index (κ3) is 3.30. The molecule has 20 heavy (non-hydrogen) atoms. The van der Waals surface area contributed by atoms with Crippen LogP contribution < -0.4 is 0 Å². The zero-order valence-corrected chi connectivity index (χ0v) is 17.8. The van der Waals surface area contributed by atoms with Crippen molar-refractivity contribution in [2.45, 2.75) is 13.3 Å². The van der Waals surface area contributed by atoms with E-state index in [9.17, 15) is 9.59 Å². The fourth-order valence-electron chi connectivity index (χ4n) is 1.80. The molecule has 2 amide bonds. The van der Waals surface area contributed by atoms with Gasteiger partial charge in [-0.3, -0.25) is 14.5 Å². The van der Waals surface area contributed by atoms with E-state index in [0.29, 0.717) is 21.9 Å². The molecule has 1 aromatic rings. The predicted molar refractivity (Wildman–Crippen MR) is 102 cm³/mol. The highest BCUT2D eigenvalue weighted by Gasteiger charge is 2.35. The van der Waals surface area contributed by atoms with Crippen molar-refractivity contribution in [3.8, 4) is 0 Å². The van der Waals surface area contributed by atoms with E-state index in [4.69, 9.17) is 0 Å². The fraction of sp³-hybridized carbons (Fsp3) is 0.231. The number of carbonyl (C=O) groups excluding carboxylic acids is 2. The van der Waals surface area contributed by atoms with Crippen LogP contribution in [0.1, 0.15) is 11.1 Å². The lowest BCUT2D eigenvalue weighted by Gasteiger charge is -2.15. The zero-order valence-electron chi connectivity index (χ0n) is 10.3. The van der Waals surface area contributed by atoms with Gasteiger partial charge in [-0.2, -0.15) is 0 Å². The Balaban J connectivity index is 2.11. The molecule has 0 unspecified atom stereocenters. The van der Waals surface area contributed by atoms with Gasteiger partial charge < -0.3 is 0 Å². The molecule has 0 radical (unpaired) electrons. The molecule has 0 N–H and O–H groups in total. The highest BCUT2D eigenvalue weighted by Crippen LogP contribution is 2.29. The van der Waals surface area contributed by atoms with Gasteiger partial charge in [0.05, 0.1) is 0 Å². The minimum absolute atomic E-state index is 0.279. The largest absolute Gasteiger partial charge is 0.273 e. The summed E-state index contributed by atoms with van der Waals surface area (Å²) in [7, 11) is 0. The van der Waals surface area contributed by atoms with Gasteiger partial charge in [0.25, 0.3) is 11.8 Å². The van der Waals surface area contributed by atoms with E-state index in [1.807, 2.05) is 0 Å². The Morgan fingerprint density at radius 3 is 1.95 bits per heavy atom. The number of rotatable bonds is 3. The summed E-state index contributed by atoms with van der Waals surface area (Å²) in [5.74, 6) is -0.559. The molecule has 0 atom stereocenters. The molecule has 0 spiro atoms. The summed E-state index contributed by atoms with van der Waals surface area (Å²) in [6, 6.07) is 4.20. The molecule has 7 heteroatoms. The average molecular weight is 625 g/mol. The van der Waals surface area contributed by atoms with Gasteiger partial charge >= 0.3 is 0 Å². The highest BCUT2D eigenvalue weighted by atomic mass is 127. The Morgan fingerprint density at radius 1 is 1.05 bits per heavy atom. The summed E-state index contributed by atoms with van der Waals surface area (Å²) in [5.41, 5.74) is 2.39. The first kappa shape index (κ1) is 16.9. The van der Waals surface area contributed by atoms with Crippen molar-refractivity contribution in [1.29, 1.82) is 0 Å². The third-order valence-electron chi connectivity index (χ3n) is 3.02. The topological polar surface area (TPSA) is 37.4 Å². The standard InChI is InChI=1S/C13H9Br2I2NO2/c1-6-8(16)4-7(5-9(6)17)2-3-18-12(19)10(14)11(15)13(18)20/h4-5H,2-3H2,1H3. The molecule has 2 rings (SSSR count). The first-order chi connectivity index (χ1) is 9.32. The van der Waals surface area contributed by atoms with E-state index in [2.05, 4.69) is 96.1 Å².